The standard InChI is InChI=1S/C20H30N8/c1-15(2)27-13-10-17(11-14-27)16-6-8-18(9-7-16)24-25-26-28(20(21)22)19-5-3-4-12-23-19/h3-9,12,15,17,24-26H,10-11,13-14H2,1-2H3,(H3,21,22). The number of guanidine groups is 1. The van der Waals surface area contributed by atoms with Gasteiger partial charge < -0.3 is 16.1 Å². The normalized spacial score (nSPS) is 15.5. The SMILES string of the molecule is CC(C)N1CCC(c2ccc(NNNN(C(=N)N)c3ccccn3)cc2)CC1. The van der Waals surface area contributed by atoms with E-state index in [-0.39, 0.29) is 5.96 Å². The van der Waals surface area contributed by atoms with E-state index in [1.165, 1.54) is 36.5 Å². The molecule has 1 fully saturated rings. The summed E-state index contributed by atoms with van der Waals surface area (Å²) in [6.45, 7) is 6.87. The van der Waals surface area contributed by atoms with Crippen molar-refractivity contribution < 1.29 is 0 Å². The van der Waals surface area contributed by atoms with Crippen LogP contribution in [-0.4, -0.2) is 35.0 Å². The van der Waals surface area contributed by atoms with Crippen LogP contribution in [0.2, 0.25) is 0 Å². The van der Waals surface area contributed by atoms with Crippen LogP contribution >= 0.6 is 0 Å². The van der Waals surface area contributed by atoms with Crippen LogP contribution in [0.15, 0.2) is 48.7 Å². The monoisotopic (exact) mass is 382 g/mol. The lowest BCUT2D eigenvalue weighted by Crippen LogP contribution is -2.55. The predicted molar refractivity (Wildman–Crippen MR) is 114 cm³/mol. The molecule has 1 aromatic carbocycles. The maximum absolute atomic E-state index is 7.68. The lowest BCUT2D eigenvalue weighted by Gasteiger charge is -2.34. The second-order valence-electron chi connectivity index (χ2n) is 7.30. The van der Waals surface area contributed by atoms with Gasteiger partial charge in [-0.3, -0.25) is 5.41 Å². The van der Waals surface area contributed by atoms with E-state index in [0.717, 1.165) is 5.69 Å². The Morgan fingerprint density at radius 1 is 1.18 bits per heavy atom. The van der Waals surface area contributed by atoms with Crippen molar-refractivity contribution in [1.82, 2.24) is 21.0 Å². The molecule has 0 amide bonds. The molecule has 2 aromatic rings. The maximum atomic E-state index is 7.68. The molecule has 0 atom stereocenters. The van der Waals surface area contributed by atoms with Gasteiger partial charge in [-0.15, -0.1) is 5.53 Å². The predicted octanol–water partition coefficient (Wildman–Crippen LogP) is 2.41. The first kappa shape index (κ1) is 20.1. The third kappa shape index (κ3) is 5.19. The fraction of sp³-hybridized carbons (Fsp3) is 0.400. The van der Waals surface area contributed by atoms with E-state index in [0.29, 0.717) is 17.8 Å². The van der Waals surface area contributed by atoms with Gasteiger partial charge in [0.1, 0.15) is 0 Å². The highest BCUT2D eigenvalue weighted by atomic mass is 15.8. The number of nitrogens with one attached hydrogen (secondary N) is 4. The fourth-order valence-corrected chi connectivity index (χ4v) is 3.47. The molecule has 8 nitrogen and oxygen atoms in total. The van der Waals surface area contributed by atoms with Crippen LogP contribution in [0.3, 0.4) is 0 Å². The van der Waals surface area contributed by atoms with Gasteiger partial charge in [0.2, 0.25) is 5.96 Å². The molecule has 0 bridgehead atoms. The number of anilines is 2. The van der Waals surface area contributed by atoms with Gasteiger partial charge >= 0.3 is 0 Å². The Bertz CT molecular complexity index is 739. The minimum atomic E-state index is -0.170. The Kier molecular flexibility index (Phi) is 6.80. The highest BCUT2D eigenvalue weighted by Gasteiger charge is 2.21. The van der Waals surface area contributed by atoms with Gasteiger partial charge in [-0.2, -0.15) is 5.53 Å². The average molecular weight is 383 g/mol. The Morgan fingerprint density at radius 2 is 1.89 bits per heavy atom. The van der Waals surface area contributed by atoms with E-state index < -0.39 is 0 Å². The minimum absolute atomic E-state index is 0.170. The number of benzene rings is 1. The van der Waals surface area contributed by atoms with Crippen LogP contribution in [0.25, 0.3) is 0 Å². The zero-order valence-corrected chi connectivity index (χ0v) is 16.5. The van der Waals surface area contributed by atoms with Crippen molar-refractivity contribution >= 4 is 17.5 Å². The van der Waals surface area contributed by atoms with Crippen LogP contribution in [0, 0.1) is 5.41 Å². The van der Waals surface area contributed by atoms with Crippen LogP contribution in [0.4, 0.5) is 11.5 Å². The third-order valence-corrected chi connectivity index (χ3v) is 5.14. The molecule has 0 aliphatic carbocycles. The molecule has 6 N–H and O–H groups in total. The summed E-state index contributed by atoms with van der Waals surface area (Å²) in [6.07, 6.45) is 4.07. The number of hydrogen-bond acceptors (Lipinski definition) is 6. The molecule has 28 heavy (non-hydrogen) atoms. The first-order chi connectivity index (χ1) is 13.5. The Hall–Kier alpha value is -2.68. The van der Waals surface area contributed by atoms with E-state index in [1.807, 2.05) is 12.1 Å². The zero-order chi connectivity index (χ0) is 19.9. The number of rotatable bonds is 7. The summed E-state index contributed by atoms with van der Waals surface area (Å²) in [5, 5.41) is 9.02. The van der Waals surface area contributed by atoms with E-state index in [2.05, 4.69) is 64.5 Å². The minimum Gasteiger partial charge on any atom is -0.369 e. The molecule has 0 unspecified atom stereocenters. The summed E-state index contributed by atoms with van der Waals surface area (Å²) in [5.41, 5.74) is 16.7. The Morgan fingerprint density at radius 3 is 2.46 bits per heavy atom. The lowest BCUT2D eigenvalue weighted by molar-refractivity contribution is 0.172. The van der Waals surface area contributed by atoms with E-state index in [9.17, 15) is 0 Å². The molecule has 0 radical (unpaired) electrons. The fourth-order valence-electron chi connectivity index (χ4n) is 3.47. The van der Waals surface area contributed by atoms with Crippen molar-refractivity contribution in [2.24, 2.45) is 5.73 Å². The van der Waals surface area contributed by atoms with Crippen LogP contribution in [0.5, 0.6) is 0 Å². The second kappa shape index (κ2) is 9.50. The van der Waals surface area contributed by atoms with Gasteiger partial charge in [-0.25, -0.2) is 9.99 Å². The van der Waals surface area contributed by atoms with Crippen LogP contribution < -0.4 is 27.2 Å². The summed E-state index contributed by atoms with van der Waals surface area (Å²) in [6, 6.07) is 14.5. The quantitative estimate of drug-likeness (QED) is 0.284. The van der Waals surface area contributed by atoms with Gasteiger partial charge in [-0.1, -0.05) is 18.2 Å². The smallest absolute Gasteiger partial charge is 0.210 e. The highest BCUT2D eigenvalue weighted by molar-refractivity contribution is 5.90. The topological polar surface area (TPSA) is 105 Å². The van der Waals surface area contributed by atoms with E-state index in [4.69, 9.17) is 11.1 Å². The molecule has 2 heterocycles. The van der Waals surface area contributed by atoms with Gasteiger partial charge in [0.25, 0.3) is 0 Å². The number of nitrogens with zero attached hydrogens (tertiary/aromatic N) is 3. The van der Waals surface area contributed by atoms with E-state index in [1.54, 1.807) is 12.3 Å². The van der Waals surface area contributed by atoms with Gasteiger partial charge in [0.15, 0.2) is 5.82 Å². The van der Waals surface area contributed by atoms with E-state index >= 15 is 0 Å². The zero-order valence-electron chi connectivity index (χ0n) is 16.5. The summed E-state index contributed by atoms with van der Waals surface area (Å²) in [4.78, 5) is 6.72. The molecule has 8 heteroatoms. The molecule has 150 valence electrons. The molecule has 0 saturated carbocycles. The summed E-state index contributed by atoms with van der Waals surface area (Å²) in [7, 11) is 0. The molecule has 1 aromatic heterocycles. The number of aromatic nitrogens is 1. The van der Waals surface area contributed by atoms with Crippen LogP contribution in [-0.2, 0) is 0 Å². The third-order valence-electron chi connectivity index (χ3n) is 5.14. The first-order valence-electron chi connectivity index (χ1n) is 9.70. The molecule has 1 aliphatic heterocycles. The van der Waals surface area contributed by atoms with Crippen molar-refractivity contribution in [3.05, 3.63) is 54.2 Å². The Labute approximate surface area is 166 Å². The first-order valence-corrected chi connectivity index (χ1v) is 9.70. The number of piperidine rings is 1. The summed E-state index contributed by atoms with van der Waals surface area (Å²) < 4.78 is 0. The van der Waals surface area contributed by atoms with Crippen molar-refractivity contribution in [3.8, 4) is 0 Å². The molecule has 0 spiro atoms. The maximum Gasteiger partial charge on any atom is 0.210 e. The summed E-state index contributed by atoms with van der Waals surface area (Å²) >= 11 is 0. The molecule has 3 rings (SSSR count). The number of hydrogen-bond donors (Lipinski definition) is 5. The lowest BCUT2D eigenvalue weighted by atomic mass is 9.89. The van der Waals surface area contributed by atoms with Crippen molar-refractivity contribution in [2.45, 2.75) is 38.6 Å². The Balaban J connectivity index is 1.50. The number of pyridine rings is 1. The van der Waals surface area contributed by atoms with Crippen molar-refractivity contribution in [2.75, 3.05) is 23.5 Å². The largest absolute Gasteiger partial charge is 0.369 e. The van der Waals surface area contributed by atoms with Crippen LogP contribution in [0.1, 0.15) is 38.2 Å². The van der Waals surface area contributed by atoms with Gasteiger partial charge in [0, 0.05) is 12.2 Å². The number of nitrogens with two attached hydrogens (primary N) is 1. The van der Waals surface area contributed by atoms with Crippen molar-refractivity contribution in [3.63, 3.8) is 0 Å². The van der Waals surface area contributed by atoms with Gasteiger partial charge in [0.05, 0.1) is 5.69 Å². The second-order valence-corrected chi connectivity index (χ2v) is 7.30. The van der Waals surface area contributed by atoms with Gasteiger partial charge in [-0.05, 0) is 75.5 Å². The molecule has 1 saturated heterocycles. The average Bonchev–Trinajstić information content (AvgIpc) is 2.72. The highest BCUT2D eigenvalue weighted by Crippen LogP contribution is 2.29. The molecular weight excluding hydrogens is 352 g/mol. The molecular formula is C20H30N8. The number of hydrazine groups is 3. The summed E-state index contributed by atoms with van der Waals surface area (Å²) in [5.74, 6) is 0.982. The van der Waals surface area contributed by atoms with Crippen molar-refractivity contribution in [1.29, 1.82) is 5.41 Å². The number of likely N-dealkylation sites (tertiary alicyclic amines) is 1. The molecule has 1 aliphatic rings.